The van der Waals surface area contributed by atoms with E-state index in [-0.39, 0.29) is 17.7 Å². The summed E-state index contributed by atoms with van der Waals surface area (Å²) in [7, 11) is 3.39. The number of halogens is 2. The predicted octanol–water partition coefficient (Wildman–Crippen LogP) is 2.63. The molecule has 1 aromatic rings. The van der Waals surface area contributed by atoms with Gasteiger partial charge >= 0.3 is 0 Å². The number of ketones is 1. The second kappa shape index (κ2) is 7.62. The van der Waals surface area contributed by atoms with Gasteiger partial charge in [-0.25, -0.2) is 0 Å². The second-order valence-electron chi connectivity index (χ2n) is 4.57. The van der Waals surface area contributed by atoms with E-state index in [2.05, 4.69) is 5.32 Å². The molecule has 20 heavy (non-hydrogen) atoms. The number of rotatable bonds is 6. The van der Waals surface area contributed by atoms with E-state index in [9.17, 15) is 9.59 Å². The molecule has 1 N–H and O–H groups in total. The minimum atomic E-state index is -0.363. The normalized spacial score (nSPS) is 12.3. The van der Waals surface area contributed by atoms with E-state index >= 15 is 0 Å². The molecule has 6 heteroatoms. The molecule has 0 fully saturated rings. The standard InChI is InChI=1S/C14H18Cl2N2O2/c1-9(18(3)7-6-13(19)17-2)14(20)11-5-4-10(15)8-12(11)16/h4-5,8-9H,6-7H2,1-3H3,(H,17,19). The Bertz CT molecular complexity index is 506. The van der Waals surface area contributed by atoms with Crippen molar-refractivity contribution in [2.45, 2.75) is 19.4 Å². The van der Waals surface area contributed by atoms with Gasteiger partial charge in [-0.1, -0.05) is 23.2 Å². The van der Waals surface area contributed by atoms with Gasteiger partial charge in [0.15, 0.2) is 5.78 Å². The number of amides is 1. The third kappa shape index (κ3) is 4.47. The molecule has 0 saturated heterocycles. The molecule has 1 amide bonds. The lowest BCUT2D eigenvalue weighted by molar-refractivity contribution is -0.120. The van der Waals surface area contributed by atoms with E-state index in [0.29, 0.717) is 28.6 Å². The summed E-state index contributed by atoms with van der Waals surface area (Å²) in [6, 6.07) is 4.44. The SMILES string of the molecule is CNC(=O)CCN(C)C(C)C(=O)c1ccc(Cl)cc1Cl. The van der Waals surface area contributed by atoms with Crippen molar-refractivity contribution in [2.24, 2.45) is 0 Å². The molecule has 1 atom stereocenters. The number of carbonyl (C=O) groups is 2. The smallest absolute Gasteiger partial charge is 0.221 e. The first-order chi connectivity index (χ1) is 9.36. The van der Waals surface area contributed by atoms with Crippen molar-refractivity contribution in [2.75, 3.05) is 20.6 Å². The molecule has 0 heterocycles. The summed E-state index contributed by atoms with van der Waals surface area (Å²) in [6.07, 6.45) is 0.346. The molecule has 0 aromatic heterocycles. The van der Waals surface area contributed by atoms with Crippen molar-refractivity contribution in [3.63, 3.8) is 0 Å². The predicted molar refractivity (Wildman–Crippen MR) is 81.6 cm³/mol. The zero-order chi connectivity index (χ0) is 15.3. The lowest BCUT2D eigenvalue weighted by Crippen LogP contribution is -2.38. The molecule has 0 aliphatic rings. The van der Waals surface area contributed by atoms with Crippen LogP contribution in [0.5, 0.6) is 0 Å². The van der Waals surface area contributed by atoms with Crippen LogP contribution in [0, 0.1) is 0 Å². The molecule has 4 nitrogen and oxygen atoms in total. The summed E-state index contributed by atoms with van der Waals surface area (Å²) in [4.78, 5) is 25.4. The molecule has 1 aromatic carbocycles. The lowest BCUT2D eigenvalue weighted by Gasteiger charge is -2.23. The Hall–Kier alpha value is -1.10. The number of carbonyl (C=O) groups excluding carboxylic acids is 2. The van der Waals surface area contributed by atoms with Crippen LogP contribution in [0.2, 0.25) is 10.0 Å². The van der Waals surface area contributed by atoms with Gasteiger partial charge in [-0.05, 0) is 32.2 Å². The van der Waals surface area contributed by atoms with Crippen LogP contribution in [0.4, 0.5) is 0 Å². The molecular weight excluding hydrogens is 299 g/mol. The molecule has 110 valence electrons. The Morgan fingerprint density at radius 2 is 2.00 bits per heavy atom. The fourth-order valence-electron chi connectivity index (χ4n) is 1.71. The molecule has 0 saturated carbocycles. The minimum absolute atomic E-state index is 0.0546. The van der Waals surface area contributed by atoms with Crippen LogP contribution in [0.25, 0.3) is 0 Å². The Labute approximate surface area is 129 Å². The summed E-state index contributed by atoms with van der Waals surface area (Å²) >= 11 is 11.8. The average Bonchev–Trinajstić information content (AvgIpc) is 2.42. The highest BCUT2D eigenvalue weighted by atomic mass is 35.5. The van der Waals surface area contributed by atoms with Crippen molar-refractivity contribution in [1.82, 2.24) is 10.2 Å². The highest BCUT2D eigenvalue weighted by Gasteiger charge is 2.22. The first kappa shape index (κ1) is 17.0. The summed E-state index contributed by atoms with van der Waals surface area (Å²) in [6.45, 7) is 2.29. The fourth-order valence-corrected chi connectivity index (χ4v) is 2.21. The van der Waals surface area contributed by atoms with Crippen molar-refractivity contribution in [1.29, 1.82) is 0 Å². The molecule has 0 aliphatic carbocycles. The van der Waals surface area contributed by atoms with Gasteiger partial charge in [0, 0.05) is 30.6 Å². The number of hydrogen-bond donors (Lipinski definition) is 1. The lowest BCUT2D eigenvalue weighted by atomic mass is 10.0. The van der Waals surface area contributed by atoms with E-state index in [1.165, 1.54) is 0 Å². The van der Waals surface area contributed by atoms with Crippen LogP contribution in [0.15, 0.2) is 18.2 Å². The zero-order valence-corrected chi connectivity index (χ0v) is 13.3. The van der Waals surface area contributed by atoms with Crippen LogP contribution >= 0.6 is 23.2 Å². The fraction of sp³-hybridized carbons (Fsp3) is 0.429. The molecule has 1 rings (SSSR count). The first-order valence-electron chi connectivity index (χ1n) is 6.27. The Morgan fingerprint density at radius 1 is 1.35 bits per heavy atom. The third-order valence-electron chi connectivity index (χ3n) is 3.21. The van der Waals surface area contributed by atoms with Gasteiger partial charge in [-0.3, -0.25) is 14.5 Å². The van der Waals surface area contributed by atoms with E-state index in [1.807, 2.05) is 4.90 Å². The summed E-state index contributed by atoms with van der Waals surface area (Å²) in [5, 5.41) is 3.38. The minimum Gasteiger partial charge on any atom is -0.359 e. The third-order valence-corrected chi connectivity index (χ3v) is 3.76. The Balaban J connectivity index is 2.73. The molecule has 0 bridgehead atoms. The van der Waals surface area contributed by atoms with Crippen LogP contribution in [0.3, 0.4) is 0 Å². The Kier molecular flexibility index (Phi) is 6.46. The summed E-state index contributed by atoms with van der Waals surface area (Å²) in [5.74, 6) is -0.146. The van der Waals surface area contributed by atoms with E-state index < -0.39 is 0 Å². The number of benzene rings is 1. The second-order valence-corrected chi connectivity index (χ2v) is 5.41. The van der Waals surface area contributed by atoms with E-state index in [1.54, 1.807) is 39.2 Å². The largest absolute Gasteiger partial charge is 0.359 e. The molecule has 0 spiro atoms. The maximum atomic E-state index is 12.4. The Morgan fingerprint density at radius 3 is 2.55 bits per heavy atom. The number of likely N-dealkylation sites (N-methyl/N-ethyl adjacent to an activating group) is 1. The monoisotopic (exact) mass is 316 g/mol. The maximum absolute atomic E-state index is 12.4. The number of nitrogens with zero attached hydrogens (tertiary/aromatic N) is 1. The van der Waals surface area contributed by atoms with Crippen molar-refractivity contribution in [3.05, 3.63) is 33.8 Å². The van der Waals surface area contributed by atoms with Gasteiger partial charge in [0.2, 0.25) is 5.91 Å². The molecule has 1 unspecified atom stereocenters. The first-order valence-corrected chi connectivity index (χ1v) is 7.02. The van der Waals surface area contributed by atoms with Gasteiger partial charge < -0.3 is 5.32 Å². The van der Waals surface area contributed by atoms with Gasteiger partial charge in [0.25, 0.3) is 0 Å². The van der Waals surface area contributed by atoms with Gasteiger partial charge in [-0.2, -0.15) is 0 Å². The van der Waals surface area contributed by atoms with Crippen LogP contribution in [0.1, 0.15) is 23.7 Å². The quantitative estimate of drug-likeness (QED) is 0.821. The summed E-state index contributed by atoms with van der Waals surface area (Å²) in [5.41, 5.74) is 0.440. The highest BCUT2D eigenvalue weighted by Crippen LogP contribution is 2.23. The topological polar surface area (TPSA) is 49.4 Å². The van der Waals surface area contributed by atoms with Crippen molar-refractivity contribution in [3.8, 4) is 0 Å². The van der Waals surface area contributed by atoms with Gasteiger partial charge in [-0.15, -0.1) is 0 Å². The van der Waals surface area contributed by atoms with E-state index in [0.717, 1.165) is 0 Å². The van der Waals surface area contributed by atoms with Crippen molar-refractivity contribution < 1.29 is 9.59 Å². The number of nitrogens with one attached hydrogen (secondary N) is 1. The van der Waals surface area contributed by atoms with Crippen molar-refractivity contribution >= 4 is 34.9 Å². The maximum Gasteiger partial charge on any atom is 0.221 e. The highest BCUT2D eigenvalue weighted by molar-refractivity contribution is 6.37. The van der Waals surface area contributed by atoms with Gasteiger partial charge in [0.05, 0.1) is 11.1 Å². The zero-order valence-electron chi connectivity index (χ0n) is 11.7. The molecular formula is C14H18Cl2N2O2. The van der Waals surface area contributed by atoms with Gasteiger partial charge in [0.1, 0.15) is 0 Å². The number of hydrogen-bond acceptors (Lipinski definition) is 3. The van der Waals surface area contributed by atoms with Crippen LogP contribution < -0.4 is 5.32 Å². The van der Waals surface area contributed by atoms with Crippen LogP contribution in [-0.2, 0) is 4.79 Å². The average molecular weight is 317 g/mol. The van der Waals surface area contributed by atoms with Crippen LogP contribution in [-0.4, -0.2) is 43.3 Å². The molecule has 0 radical (unpaired) electrons. The van der Waals surface area contributed by atoms with E-state index in [4.69, 9.17) is 23.2 Å². The number of Topliss-reactive ketones (excluding diaryl/α,β-unsaturated/α-hetero) is 1. The summed E-state index contributed by atoms with van der Waals surface area (Å²) < 4.78 is 0. The molecule has 0 aliphatic heterocycles.